The Labute approximate surface area is 207 Å². The van der Waals surface area contributed by atoms with E-state index in [2.05, 4.69) is 10.6 Å². The number of nitrogens with one attached hydrogen (secondary N) is 2. The summed E-state index contributed by atoms with van der Waals surface area (Å²) in [4.78, 5) is 29.4. The van der Waals surface area contributed by atoms with Crippen LogP contribution in [-0.4, -0.2) is 114 Å². The van der Waals surface area contributed by atoms with Crippen LogP contribution >= 0.6 is 0 Å². The number of halogens is 2. The zero-order chi connectivity index (χ0) is 25.4. The first kappa shape index (κ1) is 25.4. The van der Waals surface area contributed by atoms with E-state index in [0.717, 1.165) is 12.1 Å². The zero-order valence-electron chi connectivity index (χ0n) is 19.8. The Morgan fingerprint density at radius 1 is 1.06 bits per heavy atom. The second-order valence-corrected chi connectivity index (χ2v) is 10.1. The van der Waals surface area contributed by atoms with E-state index in [0.29, 0.717) is 44.8 Å². The number of carbonyl (C=O) groups excluding carboxylic acids is 2. The van der Waals surface area contributed by atoms with Crippen LogP contribution in [0.4, 0.5) is 8.78 Å². The molecule has 1 aromatic rings. The number of fused-ring (bicyclic) bond motifs is 6. The predicted molar refractivity (Wildman–Crippen MR) is 122 cm³/mol. The molecular weight excluding hydrogens is 478 g/mol. The monoisotopic (exact) mass is 510 g/mol. The number of hydrogen-bond donors (Lipinski definition) is 4. The highest BCUT2D eigenvalue weighted by atomic mass is 19.2. The fraction of sp³-hybridized carbons (Fsp3) is 0.667. The number of nitrogens with zero attached hydrogens (tertiary/aromatic N) is 2. The summed E-state index contributed by atoms with van der Waals surface area (Å²) in [5, 5.41) is 27.3. The summed E-state index contributed by atoms with van der Waals surface area (Å²) in [6.45, 7) is 2.29. The third-order valence-corrected chi connectivity index (χ3v) is 7.38. The molecule has 0 spiro atoms. The molecule has 0 saturated carbocycles. The van der Waals surface area contributed by atoms with Crippen molar-refractivity contribution in [2.75, 3.05) is 39.3 Å². The molecule has 6 bridgehead atoms. The Morgan fingerprint density at radius 3 is 2.67 bits per heavy atom. The Hall–Kier alpha value is -2.22. The molecule has 5 rings (SSSR count). The van der Waals surface area contributed by atoms with Crippen LogP contribution in [0.1, 0.15) is 18.4 Å². The molecule has 10 nitrogen and oxygen atoms in total. The number of ether oxygens (including phenoxy) is 2. The highest BCUT2D eigenvalue weighted by molar-refractivity contribution is 5.83. The minimum absolute atomic E-state index is 0.0476. The first-order chi connectivity index (χ1) is 17.3. The van der Waals surface area contributed by atoms with Gasteiger partial charge >= 0.3 is 0 Å². The van der Waals surface area contributed by atoms with E-state index in [-0.39, 0.29) is 43.5 Å². The second kappa shape index (κ2) is 10.6. The van der Waals surface area contributed by atoms with Crippen LogP contribution in [0.15, 0.2) is 18.2 Å². The maximum absolute atomic E-state index is 13.9. The standard InChI is InChI=1S/C24H32F2N4O6/c25-16-2-1-13(5-17(16)26)9-29-10-15-11-30(3-4-35-15)24(34)18-6-14(8-27-18)28-21(31)7-19-22(32)23(33)20(12-29)36-19/h1-2,5,14-15,18-20,22-23,27,32-33H,3-4,6-12H2,(H,28,31)/t14-,15+,18-,19-,20+,22-,23+/m0/s1. The van der Waals surface area contributed by atoms with E-state index in [4.69, 9.17) is 9.47 Å². The van der Waals surface area contributed by atoms with Gasteiger partial charge in [0, 0.05) is 45.3 Å². The molecule has 4 fully saturated rings. The van der Waals surface area contributed by atoms with Gasteiger partial charge in [0.15, 0.2) is 11.6 Å². The fourth-order valence-corrected chi connectivity index (χ4v) is 5.54. The smallest absolute Gasteiger partial charge is 0.239 e. The minimum Gasteiger partial charge on any atom is -0.388 e. The molecule has 36 heavy (non-hydrogen) atoms. The highest BCUT2D eigenvalue weighted by Gasteiger charge is 2.45. The average molecular weight is 511 g/mol. The van der Waals surface area contributed by atoms with Crippen molar-refractivity contribution >= 4 is 11.8 Å². The topological polar surface area (TPSA) is 124 Å². The molecule has 2 amide bonds. The average Bonchev–Trinajstić information content (AvgIpc) is 3.41. The summed E-state index contributed by atoms with van der Waals surface area (Å²) in [6, 6.07) is 3.01. The lowest BCUT2D eigenvalue weighted by Crippen LogP contribution is -2.54. The Bertz CT molecular complexity index is 986. The molecule has 4 N–H and O–H groups in total. The van der Waals surface area contributed by atoms with Gasteiger partial charge in [-0.15, -0.1) is 0 Å². The van der Waals surface area contributed by atoms with Gasteiger partial charge in [-0.25, -0.2) is 8.78 Å². The zero-order valence-corrected chi connectivity index (χ0v) is 19.8. The van der Waals surface area contributed by atoms with Crippen LogP contribution in [0.3, 0.4) is 0 Å². The molecule has 7 atom stereocenters. The van der Waals surface area contributed by atoms with Crippen LogP contribution in [0.25, 0.3) is 0 Å². The van der Waals surface area contributed by atoms with Gasteiger partial charge in [-0.1, -0.05) is 6.07 Å². The lowest BCUT2D eigenvalue weighted by molar-refractivity contribution is -0.142. The normalized spacial score (nSPS) is 36.2. The van der Waals surface area contributed by atoms with Crippen molar-refractivity contribution in [2.24, 2.45) is 0 Å². The molecule has 0 radical (unpaired) electrons. The van der Waals surface area contributed by atoms with Gasteiger partial charge < -0.3 is 35.2 Å². The predicted octanol–water partition coefficient (Wildman–Crippen LogP) is -1.27. The SMILES string of the molecule is O=C1C[C@@H]2O[C@H](CN(Cc3ccc(F)c(F)c3)C[C@@H]3CN(CCO3)C(=O)[C@@H]3C[C@@H](CN3)N1)[C@@H](O)[C@H]2O. The van der Waals surface area contributed by atoms with Crippen LogP contribution in [0.5, 0.6) is 0 Å². The fourth-order valence-electron chi connectivity index (χ4n) is 5.54. The summed E-state index contributed by atoms with van der Waals surface area (Å²) in [5.74, 6) is -2.29. The Balaban J connectivity index is 1.39. The van der Waals surface area contributed by atoms with Crippen molar-refractivity contribution in [3.05, 3.63) is 35.4 Å². The molecule has 198 valence electrons. The summed E-state index contributed by atoms with van der Waals surface area (Å²) in [5.41, 5.74) is 0.511. The van der Waals surface area contributed by atoms with Crippen molar-refractivity contribution in [2.45, 2.75) is 62.0 Å². The van der Waals surface area contributed by atoms with Crippen LogP contribution in [0, 0.1) is 11.6 Å². The molecule has 12 heteroatoms. The lowest BCUT2D eigenvalue weighted by Gasteiger charge is -2.37. The van der Waals surface area contributed by atoms with E-state index in [1.54, 1.807) is 4.90 Å². The maximum Gasteiger partial charge on any atom is 0.239 e. The first-order valence-electron chi connectivity index (χ1n) is 12.4. The highest BCUT2D eigenvalue weighted by Crippen LogP contribution is 2.26. The number of morpholine rings is 1. The van der Waals surface area contributed by atoms with Gasteiger partial charge in [0.2, 0.25) is 11.8 Å². The van der Waals surface area contributed by atoms with E-state index < -0.39 is 42.1 Å². The van der Waals surface area contributed by atoms with E-state index in [1.807, 2.05) is 4.90 Å². The number of amides is 2. The first-order valence-corrected chi connectivity index (χ1v) is 12.4. The van der Waals surface area contributed by atoms with E-state index >= 15 is 0 Å². The third-order valence-electron chi connectivity index (χ3n) is 7.38. The van der Waals surface area contributed by atoms with E-state index in [1.165, 1.54) is 6.07 Å². The third kappa shape index (κ3) is 5.53. The van der Waals surface area contributed by atoms with Crippen molar-refractivity contribution in [3.63, 3.8) is 0 Å². The number of rotatable bonds is 2. The van der Waals surface area contributed by atoms with Crippen LogP contribution < -0.4 is 10.6 Å². The molecular formula is C24H32F2N4O6. The van der Waals surface area contributed by atoms with Crippen molar-refractivity contribution < 1.29 is 38.1 Å². The number of aliphatic hydroxyl groups is 2. The van der Waals surface area contributed by atoms with Crippen molar-refractivity contribution in [1.29, 1.82) is 0 Å². The maximum atomic E-state index is 13.9. The molecule has 4 aliphatic rings. The number of aliphatic hydroxyl groups excluding tert-OH is 2. The summed E-state index contributed by atoms with van der Waals surface area (Å²) in [7, 11) is 0. The molecule has 4 aliphatic heterocycles. The van der Waals surface area contributed by atoms with Crippen molar-refractivity contribution in [1.82, 2.24) is 20.4 Å². The van der Waals surface area contributed by atoms with Gasteiger partial charge in [0.05, 0.1) is 37.4 Å². The van der Waals surface area contributed by atoms with Gasteiger partial charge in [-0.2, -0.15) is 0 Å². The summed E-state index contributed by atoms with van der Waals surface area (Å²) >= 11 is 0. The number of hydrogen-bond acceptors (Lipinski definition) is 8. The summed E-state index contributed by atoms with van der Waals surface area (Å²) < 4.78 is 39.2. The van der Waals surface area contributed by atoms with Gasteiger partial charge in [-0.05, 0) is 24.1 Å². The van der Waals surface area contributed by atoms with Crippen LogP contribution in [0.2, 0.25) is 0 Å². The Kier molecular flexibility index (Phi) is 7.52. The molecule has 0 aromatic heterocycles. The van der Waals surface area contributed by atoms with Crippen molar-refractivity contribution in [3.8, 4) is 0 Å². The number of carbonyl (C=O) groups is 2. The molecule has 4 heterocycles. The van der Waals surface area contributed by atoms with E-state index in [9.17, 15) is 28.6 Å². The largest absolute Gasteiger partial charge is 0.388 e. The molecule has 0 aliphatic carbocycles. The van der Waals surface area contributed by atoms with Crippen LogP contribution in [-0.2, 0) is 25.6 Å². The van der Waals surface area contributed by atoms with Gasteiger partial charge in [0.1, 0.15) is 12.2 Å². The van der Waals surface area contributed by atoms with Gasteiger partial charge in [-0.3, -0.25) is 14.5 Å². The lowest BCUT2D eigenvalue weighted by atomic mass is 10.0. The van der Waals surface area contributed by atoms with Gasteiger partial charge in [0.25, 0.3) is 0 Å². The molecule has 0 unspecified atom stereocenters. The summed E-state index contributed by atoms with van der Waals surface area (Å²) in [6.07, 6.45) is -4.21. The quantitative estimate of drug-likeness (QED) is 0.389. The Morgan fingerprint density at radius 2 is 1.86 bits per heavy atom. The molecule has 4 saturated heterocycles. The number of benzene rings is 1. The minimum atomic E-state index is -1.25. The second-order valence-electron chi connectivity index (χ2n) is 10.1. The molecule has 1 aromatic carbocycles.